The number of hydrogen-bond acceptors (Lipinski definition) is 4. The summed E-state index contributed by atoms with van der Waals surface area (Å²) >= 11 is 1.67. The van der Waals surface area contributed by atoms with Gasteiger partial charge in [-0.2, -0.15) is 0 Å². The molecule has 5 heteroatoms. The average Bonchev–Trinajstić information content (AvgIpc) is 3.30. The molecular formula is C23H26N2O2S. The lowest BCUT2D eigenvalue weighted by Crippen LogP contribution is -2.28. The first-order valence-electron chi connectivity index (χ1n) is 9.51. The molecule has 0 unspecified atom stereocenters. The van der Waals surface area contributed by atoms with E-state index < -0.39 is 0 Å². The van der Waals surface area contributed by atoms with Gasteiger partial charge in [0.15, 0.2) is 11.6 Å². The molecule has 2 heterocycles. The highest BCUT2D eigenvalue weighted by atomic mass is 32.1. The number of aromatic nitrogens is 1. The van der Waals surface area contributed by atoms with Crippen LogP contribution >= 0.6 is 11.3 Å². The maximum absolute atomic E-state index is 12.9. The number of ketones is 2. The van der Waals surface area contributed by atoms with Crippen LogP contribution in [0.4, 0.5) is 0 Å². The number of thiophene rings is 1. The van der Waals surface area contributed by atoms with E-state index in [-0.39, 0.29) is 24.2 Å². The molecule has 1 aromatic carbocycles. The van der Waals surface area contributed by atoms with Crippen LogP contribution in [0.1, 0.15) is 68.0 Å². The van der Waals surface area contributed by atoms with Crippen molar-refractivity contribution in [1.82, 2.24) is 10.3 Å². The van der Waals surface area contributed by atoms with Crippen molar-refractivity contribution in [3.05, 3.63) is 80.3 Å². The summed E-state index contributed by atoms with van der Waals surface area (Å²) in [7, 11) is 0. The van der Waals surface area contributed by atoms with Crippen LogP contribution in [0.5, 0.6) is 0 Å². The van der Waals surface area contributed by atoms with E-state index in [4.69, 9.17) is 0 Å². The van der Waals surface area contributed by atoms with Crippen molar-refractivity contribution in [2.45, 2.75) is 40.2 Å². The van der Waals surface area contributed by atoms with Gasteiger partial charge in [0.25, 0.3) is 0 Å². The Hall–Kier alpha value is -2.50. The van der Waals surface area contributed by atoms with Crippen LogP contribution in [0.3, 0.4) is 0 Å². The molecule has 0 saturated carbocycles. The fourth-order valence-electron chi connectivity index (χ4n) is 3.62. The predicted octanol–water partition coefficient (Wildman–Crippen LogP) is 5.02. The second kappa shape index (κ2) is 8.67. The van der Waals surface area contributed by atoms with E-state index in [1.54, 1.807) is 11.3 Å². The third-order valence-electron chi connectivity index (χ3n) is 5.08. The third kappa shape index (κ3) is 4.16. The molecule has 0 bridgehead atoms. The zero-order valence-electron chi connectivity index (χ0n) is 16.8. The minimum Gasteiger partial charge on any atom is -0.355 e. The van der Waals surface area contributed by atoms with Crippen molar-refractivity contribution in [2.75, 3.05) is 6.54 Å². The number of H-pyrrole nitrogens is 1. The molecule has 146 valence electrons. The van der Waals surface area contributed by atoms with E-state index in [2.05, 4.69) is 47.6 Å². The smallest absolute Gasteiger partial charge is 0.193 e. The van der Waals surface area contributed by atoms with Gasteiger partial charge in [-0.15, -0.1) is 11.3 Å². The summed E-state index contributed by atoms with van der Waals surface area (Å²) in [5.74, 6) is -0.0643. The number of Topliss-reactive ketones (excluding diaryl/α,β-unsaturated/α-hetero) is 2. The molecule has 0 aliphatic heterocycles. The van der Waals surface area contributed by atoms with Crippen LogP contribution in [0.15, 0.2) is 41.8 Å². The molecule has 3 rings (SSSR count). The highest BCUT2D eigenvalue weighted by Crippen LogP contribution is 2.27. The van der Waals surface area contributed by atoms with Gasteiger partial charge in [0.2, 0.25) is 0 Å². The topological polar surface area (TPSA) is 62.0 Å². The van der Waals surface area contributed by atoms with Crippen molar-refractivity contribution in [3.8, 4) is 0 Å². The second-order valence-electron chi connectivity index (χ2n) is 7.03. The number of benzene rings is 1. The van der Waals surface area contributed by atoms with Crippen LogP contribution in [0.2, 0.25) is 0 Å². The van der Waals surface area contributed by atoms with Gasteiger partial charge in [0.05, 0.1) is 18.3 Å². The highest BCUT2D eigenvalue weighted by Gasteiger charge is 2.21. The summed E-state index contributed by atoms with van der Waals surface area (Å²) in [6.07, 6.45) is 1.000. The van der Waals surface area contributed by atoms with Gasteiger partial charge in [0.1, 0.15) is 0 Å². The minimum absolute atomic E-state index is 0.0225. The Morgan fingerprint density at radius 3 is 2.39 bits per heavy atom. The molecule has 0 fully saturated rings. The number of rotatable bonds is 8. The molecular weight excluding hydrogens is 368 g/mol. The summed E-state index contributed by atoms with van der Waals surface area (Å²) in [4.78, 5) is 29.0. The summed E-state index contributed by atoms with van der Waals surface area (Å²) in [6, 6.07) is 12.6. The first kappa shape index (κ1) is 20.2. The van der Waals surface area contributed by atoms with Crippen LogP contribution in [0.25, 0.3) is 0 Å². The highest BCUT2D eigenvalue weighted by molar-refractivity contribution is 7.10. The summed E-state index contributed by atoms with van der Waals surface area (Å²) in [5, 5.41) is 5.46. The van der Waals surface area contributed by atoms with Crippen LogP contribution < -0.4 is 5.32 Å². The lowest BCUT2D eigenvalue weighted by molar-refractivity contribution is 0.0983. The molecule has 2 aromatic heterocycles. The van der Waals surface area contributed by atoms with E-state index in [0.29, 0.717) is 11.3 Å². The number of nitrogens with one attached hydrogen (secondary N) is 2. The van der Waals surface area contributed by atoms with Gasteiger partial charge in [-0.05, 0) is 55.3 Å². The Morgan fingerprint density at radius 1 is 1.14 bits per heavy atom. The molecule has 0 radical (unpaired) electrons. The Bertz CT molecular complexity index is 969. The summed E-state index contributed by atoms with van der Waals surface area (Å²) in [5.41, 5.74) is 5.04. The van der Waals surface area contributed by atoms with Gasteiger partial charge in [-0.25, -0.2) is 0 Å². The van der Waals surface area contributed by atoms with Gasteiger partial charge in [-0.3, -0.25) is 14.9 Å². The molecule has 28 heavy (non-hydrogen) atoms. The Kier molecular flexibility index (Phi) is 6.27. The summed E-state index contributed by atoms with van der Waals surface area (Å²) in [6.45, 7) is 7.52. The fourth-order valence-corrected chi connectivity index (χ4v) is 4.45. The Morgan fingerprint density at radius 2 is 1.86 bits per heavy atom. The first-order valence-corrected chi connectivity index (χ1v) is 10.4. The van der Waals surface area contributed by atoms with Crippen LogP contribution in [-0.4, -0.2) is 23.1 Å². The number of carbonyl (C=O) groups excluding carboxylic acids is 2. The van der Waals surface area contributed by atoms with E-state index in [1.165, 1.54) is 17.4 Å². The Balaban J connectivity index is 1.81. The largest absolute Gasteiger partial charge is 0.355 e. The Labute approximate surface area is 170 Å². The van der Waals surface area contributed by atoms with Gasteiger partial charge >= 0.3 is 0 Å². The number of carbonyl (C=O) groups is 2. The van der Waals surface area contributed by atoms with E-state index >= 15 is 0 Å². The maximum Gasteiger partial charge on any atom is 0.193 e. The third-order valence-corrected chi connectivity index (χ3v) is 6.02. The first-order chi connectivity index (χ1) is 13.4. The van der Waals surface area contributed by atoms with Gasteiger partial charge < -0.3 is 4.98 Å². The normalized spacial score (nSPS) is 12.1. The SMILES string of the molecule is CCc1ccc([C@H](NCC(=O)c2[nH]c(C)c(C(C)=O)c2C)c2cccs2)cc1. The monoisotopic (exact) mass is 394 g/mol. The predicted molar refractivity (Wildman–Crippen MR) is 115 cm³/mol. The minimum atomic E-state index is -0.0431. The number of aromatic amines is 1. The van der Waals surface area contributed by atoms with Crippen molar-refractivity contribution in [3.63, 3.8) is 0 Å². The molecule has 0 aliphatic rings. The lowest BCUT2D eigenvalue weighted by atomic mass is 10.0. The van der Waals surface area contributed by atoms with Gasteiger partial charge in [-0.1, -0.05) is 37.3 Å². The molecule has 0 aliphatic carbocycles. The average molecular weight is 395 g/mol. The standard InChI is InChI=1S/C23H26N2O2S/c1-5-17-8-10-18(11-9-17)23(20-7-6-12-28-20)24-13-19(27)22-14(2)21(16(4)26)15(3)25-22/h6-12,23-25H,5,13H2,1-4H3/t23-/m0/s1. The van der Waals surface area contributed by atoms with Crippen LogP contribution in [-0.2, 0) is 6.42 Å². The van der Waals surface area contributed by atoms with E-state index in [0.717, 1.165) is 23.2 Å². The second-order valence-corrected chi connectivity index (χ2v) is 8.01. The molecule has 4 nitrogen and oxygen atoms in total. The maximum atomic E-state index is 12.9. The van der Waals surface area contributed by atoms with E-state index in [9.17, 15) is 9.59 Å². The van der Waals surface area contributed by atoms with Crippen molar-refractivity contribution >= 4 is 22.9 Å². The molecule has 2 N–H and O–H groups in total. The summed E-state index contributed by atoms with van der Waals surface area (Å²) < 4.78 is 0. The van der Waals surface area contributed by atoms with Crippen molar-refractivity contribution in [2.24, 2.45) is 0 Å². The molecule has 1 atom stereocenters. The van der Waals surface area contributed by atoms with E-state index in [1.807, 2.05) is 25.3 Å². The number of hydrogen-bond donors (Lipinski definition) is 2. The van der Waals surface area contributed by atoms with Crippen LogP contribution in [0, 0.1) is 13.8 Å². The zero-order valence-corrected chi connectivity index (χ0v) is 17.6. The quantitative estimate of drug-likeness (QED) is 0.527. The molecule has 0 spiro atoms. The fraction of sp³-hybridized carbons (Fsp3) is 0.304. The van der Waals surface area contributed by atoms with Crippen molar-refractivity contribution in [1.29, 1.82) is 0 Å². The number of aryl methyl sites for hydroxylation is 2. The zero-order chi connectivity index (χ0) is 20.3. The van der Waals surface area contributed by atoms with Gasteiger partial charge in [0, 0.05) is 16.1 Å². The lowest BCUT2D eigenvalue weighted by Gasteiger charge is -2.18. The molecule has 0 amide bonds. The molecule has 0 saturated heterocycles. The van der Waals surface area contributed by atoms with Crippen molar-refractivity contribution < 1.29 is 9.59 Å². The molecule has 3 aromatic rings.